The number of aromatic nitrogens is 2. The van der Waals surface area contributed by atoms with Gasteiger partial charge in [0.1, 0.15) is 6.61 Å². The largest absolute Gasteiger partial charge is 0.377 e. The van der Waals surface area contributed by atoms with Gasteiger partial charge in [0.25, 0.3) is 0 Å². The quantitative estimate of drug-likeness (QED) is 0.798. The molecule has 1 N–H and O–H groups in total. The molecule has 1 aromatic heterocycles. The molecule has 0 bridgehead atoms. The normalized spacial score (nSPS) is 17.0. The summed E-state index contributed by atoms with van der Waals surface area (Å²) in [6.07, 6.45) is 0.191. The van der Waals surface area contributed by atoms with Crippen LogP contribution in [0.3, 0.4) is 0 Å². The molecule has 1 aliphatic rings. The molecule has 1 aromatic carbocycles. The average Bonchev–Trinajstić information content (AvgIpc) is 3.26. The Morgan fingerprint density at radius 3 is 2.78 bits per heavy atom. The van der Waals surface area contributed by atoms with Crippen LogP contribution in [0.1, 0.15) is 43.5 Å². The van der Waals surface area contributed by atoms with E-state index in [1.54, 1.807) is 4.90 Å². The Balaban J connectivity index is 1.56. The van der Waals surface area contributed by atoms with Crippen molar-refractivity contribution in [3.8, 4) is 0 Å². The number of carbonyl (C=O) groups is 2. The van der Waals surface area contributed by atoms with Crippen molar-refractivity contribution in [3.63, 3.8) is 0 Å². The molecular formula is C19H24N4O4. The van der Waals surface area contributed by atoms with E-state index in [0.717, 1.165) is 5.69 Å². The first-order valence-corrected chi connectivity index (χ1v) is 8.96. The lowest BCUT2D eigenvalue weighted by Gasteiger charge is -2.17. The van der Waals surface area contributed by atoms with Crippen molar-refractivity contribution in [2.75, 3.05) is 18.6 Å². The van der Waals surface area contributed by atoms with Crippen molar-refractivity contribution >= 4 is 17.5 Å². The van der Waals surface area contributed by atoms with Gasteiger partial charge in [-0.3, -0.25) is 9.59 Å². The number of rotatable bonds is 7. The number of methoxy groups -OCH3 is 1. The predicted molar refractivity (Wildman–Crippen MR) is 97.8 cm³/mol. The summed E-state index contributed by atoms with van der Waals surface area (Å²) in [7, 11) is 1.54. The highest BCUT2D eigenvalue weighted by molar-refractivity contribution is 6.00. The van der Waals surface area contributed by atoms with Gasteiger partial charge in [-0.15, -0.1) is 0 Å². The number of hydrogen-bond donors (Lipinski definition) is 1. The number of ether oxygens (including phenoxy) is 1. The van der Waals surface area contributed by atoms with E-state index in [1.165, 1.54) is 12.7 Å². The van der Waals surface area contributed by atoms with Gasteiger partial charge in [-0.25, -0.2) is 0 Å². The lowest BCUT2D eigenvalue weighted by molar-refractivity contribution is -0.126. The highest BCUT2D eigenvalue weighted by Gasteiger charge is 2.35. The molecule has 1 fully saturated rings. The number of nitrogens with one attached hydrogen (secondary N) is 1. The van der Waals surface area contributed by atoms with Gasteiger partial charge in [0, 0.05) is 25.8 Å². The van der Waals surface area contributed by atoms with E-state index in [-0.39, 0.29) is 31.4 Å². The molecule has 2 amide bonds. The molecular weight excluding hydrogens is 348 g/mol. The van der Waals surface area contributed by atoms with Gasteiger partial charge < -0.3 is 19.5 Å². The summed E-state index contributed by atoms with van der Waals surface area (Å²) in [5.74, 6) is 0.517. The minimum atomic E-state index is -0.399. The molecule has 0 radical (unpaired) electrons. The van der Waals surface area contributed by atoms with Crippen molar-refractivity contribution in [1.29, 1.82) is 0 Å². The Morgan fingerprint density at radius 2 is 2.11 bits per heavy atom. The smallest absolute Gasteiger partial charge is 0.246 e. The highest BCUT2D eigenvalue weighted by atomic mass is 16.5. The van der Waals surface area contributed by atoms with E-state index >= 15 is 0 Å². The second-order valence-corrected chi connectivity index (χ2v) is 6.91. The van der Waals surface area contributed by atoms with E-state index in [2.05, 4.69) is 29.3 Å². The zero-order chi connectivity index (χ0) is 19.4. The van der Waals surface area contributed by atoms with Gasteiger partial charge in [-0.2, -0.15) is 4.98 Å². The van der Waals surface area contributed by atoms with Crippen LogP contribution in [0.2, 0.25) is 0 Å². The third-order valence-corrected chi connectivity index (χ3v) is 4.56. The summed E-state index contributed by atoms with van der Waals surface area (Å²) in [6, 6.07) is 7.91. The Kier molecular flexibility index (Phi) is 5.85. The van der Waals surface area contributed by atoms with Crippen LogP contribution < -0.4 is 10.2 Å². The van der Waals surface area contributed by atoms with Gasteiger partial charge >= 0.3 is 0 Å². The number of benzene rings is 1. The lowest BCUT2D eigenvalue weighted by Crippen LogP contribution is -2.32. The Hall–Kier alpha value is -2.74. The van der Waals surface area contributed by atoms with E-state index in [1.807, 2.05) is 24.3 Å². The fourth-order valence-electron chi connectivity index (χ4n) is 3.03. The number of amides is 2. The zero-order valence-corrected chi connectivity index (χ0v) is 15.8. The lowest BCUT2D eigenvalue weighted by atomic mass is 10.0. The molecule has 2 heterocycles. The molecule has 0 unspecified atom stereocenters. The van der Waals surface area contributed by atoms with Crippen LogP contribution in [0, 0.1) is 5.92 Å². The van der Waals surface area contributed by atoms with Crippen molar-refractivity contribution < 1.29 is 18.8 Å². The second-order valence-electron chi connectivity index (χ2n) is 6.91. The first-order valence-electron chi connectivity index (χ1n) is 8.96. The molecule has 144 valence electrons. The van der Waals surface area contributed by atoms with E-state index in [9.17, 15) is 9.59 Å². The molecule has 1 saturated heterocycles. The number of hydrogen-bond acceptors (Lipinski definition) is 6. The number of anilines is 1. The monoisotopic (exact) mass is 372 g/mol. The molecule has 0 aliphatic carbocycles. The molecule has 8 heteroatoms. The molecule has 1 aliphatic heterocycles. The van der Waals surface area contributed by atoms with Crippen LogP contribution in [-0.4, -0.2) is 35.6 Å². The molecule has 8 nitrogen and oxygen atoms in total. The molecule has 3 rings (SSSR count). The Bertz CT molecular complexity index is 800. The standard InChI is InChI=1S/C19H24N4O4/c1-12(2)13-4-6-15(7-5-13)23-10-14(8-18(23)24)19(25)20-9-17-21-16(11-26-3)22-27-17/h4-7,12,14H,8-11H2,1-3H3,(H,20,25)/t14-/m0/s1. The third kappa shape index (κ3) is 4.51. The topological polar surface area (TPSA) is 97.6 Å². The average molecular weight is 372 g/mol. The predicted octanol–water partition coefficient (Wildman–Crippen LogP) is 2.01. The first-order chi connectivity index (χ1) is 13.0. The maximum Gasteiger partial charge on any atom is 0.246 e. The molecule has 0 spiro atoms. The van der Waals surface area contributed by atoms with Crippen LogP contribution >= 0.6 is 0 Å². The molecule has 0 saturated carbocycles. The van der Waals surface area contributed by atoms with E-state index < -0.39 is 5.92 Å². The van der Waals surface area contributed by atoms with Crippen LogP contribution in [0.5, 0.6) is 0 Å². The maximum absolute atomic E-state index is 12.4. The van der Waals surface area contributed by atoms with Crippen LogP contribution in [0.4, 0.5) is 5.69 Å². The first kappa shape index (κ1) is 19.0. The van der Waals surface area contributed by atoms with Crippen molar-refractivity contribution in [1.82, 2.24) is 15.5 Å². The van der Waals surface area contributed by atoms with E-state index in [0.29, 0.717) is 24.2 Å². The van der Waals surface area contributed by atoms with Crippen molar-refractivity contribution in [2.24, 2.45) is 5.92 Å². The van der Waals surface area contributed by atoms with Gasteiger partial charge in [0.05, 0.1) is 12.5 Å². The van der Waals surface area contributed by atoms with Gasteiger partial charge in [0.2, 0.25) is 17.7 Å². The fourth-order valence-corrected chi connectivity index (χ4v) is 3.03. The summed E-state index contributed by atoms with van der Waals surface area (Å²) in [6.45, 7) is 4.99. The summed E-state index contributed by atoms with van der Waals surface area (Å²) < 4.78 is 9.96. The number of carbonyl (C=O) groups excluding carboxylic acids is 2. The zero-order valence-electron chi connectivity index (χ0n) is 15.8. The van der Waals surface area contributed by atoms with Gasteiger partial charge in [-0.1, -0.05) is 31.1 Å². The minimum absolute atomic E-state index is 0.0485. The Labute approximate surface area is 157 Å². The Morgan fingerprint density at radius 1 is 1.37 bits per heavy atom. The van der Waals surface area contributed by atoms with Crippen molar-refractivity contribution in [2.45, 2.75) is 39.3 Å². The summed E-state index contributed by atoms with van der Waals surface area (Å²) in [5, 5.41) is 6.50. The third-order valence-electron chi connectivity index (χ3n) is 4.56. The number of nitrogens with zero attached hydrogens (tertiary/aromatic N) is 3. The molecule has 27 heavy (non-hydrogen) atoms. The SMILES string of the molecule is COCc1noc(CNC(=O)[C@H]2CC(=O)N(c3ccc(C(C)C)cc3)C2)n1. The maximum atomic E-state index is 12.4. The minimum Gasteiger partial charge on any atom is -0.377 e. The second kappa shape index (κ2) is 8.30. The molecule has 2 aromatic rings. The molecule has 1 atom stereocenters. The van der Waals surface area contributed by atoms with E-state index in [4.69, 9.17) is 9.26 Å². The van der Waals surface area contributed by atoms with Crippen LogP contribution in [0.15, 0.2) is 28.8 Å². The summed E-state index contributed by atoms with van der Waals surface area (Å²) >= 11 is 0. The van der Waals surface area contributed by atoms with Gasteiger partial charge in [0.15, 0.2) is 5.82 Å². The fraction of sp³-hybridized carbons (Fsp3) is 0.474. The van der Waals surface area contributed by atoms with Crippen molar-refractivity contribution in [3.05, 3.63) is 41.5 Å². The van der Waals surface area contributed by atoms with Gasteiger partial charge in [-0.05, 0) is 23.6 Å². The summed E-state index contributed by atoms with van der Waals surface area (Å²) in [4.78, 5) is 30.5. The summed E-state index contributed by atoms with van der Waals surface area (Å²) in [5.41, 5.74) is 2.04. The van der Waals surface area contributed by atoms with Crippen LogP contribution in [-0.2, 0) is 27.5 Å². The highest BCUT2D eigenvalue weighted by Crippen LogP contribution is 2.27. The van der Waals surface area contributed by atoms with Crippen LogP contribution in [0.25, 0.3) is 0 Å².